The van der Waals surface area contributed by atoms with Crippen molar-refractivity contribution in [3.05, 3.63) is 18.2 Å². The van der Waals surface area contributed by atoms with Crippen molar-refractivity contribution in [2.75, 3.05) is 45.3 Å². The molecule has 0 aliphatic carbocycles. The number of hydrogen-bond donors (Lipinski definition) is 2. The van der Waals surface area contributed by atoms with Gasteiger partial charge in [0.05, 0.1) is 14.2 Å². The minimum atomic E-state index is -0.0866. The van der Waals surface area contributed by atoms with Crippen LogP contribution in [0.15, 0.2) is 18.2 Å². The summed E-state index contributed by atoms with van der Waals surface area (Å²) in [6, 6.07) is 5.83. The summed E-state index contributed by atoms with van der Waals surface area (Å²) in [5.74, 6) is 2.02. The molecule has 0 radical (unpaired) electrons. The standard InChI is InChI=1S/C19H31N3O3/c1-19(2,3)13-21-18(23)20-11-14-6-7-22(12-14)15-8-16(24-4)10-17(9-15)25-5/h8-10,14H,6-7,11-13H2,1-5H3,(H2,20,21,23). The Morgan fingerprint density at radius 2 is 1.80 bits per heavy atom. The van der Waals surface area contributed by atoms with Crippen LogP contribution in [-0.4, -0.2) is 46.4 Å². The predicted molar refractivity (Wildman–Crippen MR) is 101 cm³/mol. The number of anilines is 1. The molecule has 1 aromatic rings. The van der Waals surface area contributed by atoms with Crippen LogP contribution in [-0.2, 0) is 0 Å². The van der Waals surface area contributed by atoms with Crippen LogP contribution in [0.5, 0.6) is 11.5 Å². The molecule has 0 saturated carbocycles. The first-order valence-electron chi connectivity index (χ1n) is 8.80. The van der Waals surface area contributed by atoms with Gasteiger partial charge in [-0.15, -0.1) is 0 Å². The van der Waals surface area contributed by atoms with E-state index < -0.39 is 0 Å². The molecule has 6 nitrogen and oxygen atoms in total. The normalized spacial score (nSPS) is 17.3. The monoisotopic (exact) mass is 349 g/mol. The van der Waals surface area contributed by atoms with Gasteiger partial charge in [0.2, 0.25) is 0 Å². The number of urea groups is 1. The van der Waals surface area contributed by atoms with E-state index in [9.17, 15) is 4.79 Å². The topological polar surface area (TPSA) is 62.8 Å². The van der Waals surface area contributed by atoms with Crippen molar-refractivity contribution in [2.45, 2.75) is 27.2 Å². The fourth-order valence-electron chi connectivity index (χ4n) is 2.85. The summed E-state index contributed by atoms with van der Waals surface area (Å²) in [5, 5.41) is 5.91. The highest BCUT2D eigenvalue weighted by molar-refractivity contribution is 5.73. The van der Waals surface area contributed by atoms with Gasteiger partial charge in [-0.1, -0.05) is 20.8 Å². The minimum Gasteiger partial charge on any atom is -0.497 e. The SMILES string of the molecule is COc1cc(OC)cc(N2CCC(CNC(=O)NCC(C)(C)C)C2)c1. The lowest BCUT2D eigenvalue weighted by molar-refractivity contribution is 0.234. The van der Waals surface area contributed by atoms with Crippen molar-refractivity contribution in [2.24, 2.45) is 11.3 Å². The average molecular weight is 349 g/mol. The summed E-state index contributed by atoms with van der Waals surface area (Å²) in [6.07, 6.45) is 1.05. The summed E-state index contributed by atoms with van der Waals surface area (Å²) in [6.45, 7) is 9.54. The number of nitrogens with one attached hydrogen (secondary N) is 2. The molecule has 1 saturated heterocycles. The number of nitrogens with zero attached hydrogens (tertiary/aromatic N) is 1. The number of amides is 2. The average Bonchev–Trinajstić information content (AvgIpc) is 3.06. The minimum absolute atomic E-state index is 0.0866. The third kappa shape index (κ3) is 6.03. The summed E-state index contributed by atoms with van der Waals surface area (Å²) >= 11 is 0. The molecule has 2 rings (SSSR count). The van der Waals surface area contributed by atoms with E-state index in [4.69, 9.17) is 9.47 Å². The Morgan fingerprint density at radius 3 is 2.36 bits per heavy atom. The number of carbonyl (C=O) groups excluding carboxylic acids is 1. The van der Waals surface area contributed by atoms with Crippen LogP contribution in [0.3, 0.4) is 0 Å². The molecule has 1 aromatic carbocycles. The molecular formula is C19H31N3O3. The molecule has 1 unspecified atom stereocenters. The summed E-state index contributed by atoms with van der Waals surface area (Å²) in [5.41, 5.74) is 1.18. The molecule has 6 heteroatoms. The second kappa shape index (κ2) is 8.32. The number of methoxy groups -OCH3 is 2. The van der Waals surface area contributed by atoms with Crippen molar-refractivity contribution in [1.29, 1.82) is 0 Å². The third-order valence-electron chi connectivity index (χ3n) is 4.32. The highest BCUT2D eigenvalue weighted by Gasteiger charge is 2.24. The number of benzene rings is 1. The predicted octanol–water partition coefficient (Wildman–Crippen LogP) is 2.88. The number of ether oxygens (including phenoxy) is 2. The molecule has 2 amide bonds. The zero-order chi connectivity index (χ0) is 18.4. The molecule has 1 fully saturated rings. The van der Waals surface area contributed by atoms with Crippen LogP contribution in [0, 0.1) is 11.3 Å². The van der Waals surface area contributed by atoms with E-state index in [0.717, 1.165) is 36.7 Å². The molecule has 0 spiro atoms. The second-order valence-corrected chi connectivity index (χ2v) is 7.80. The van der Waals surface area contributed by atoms with Crippen molar-refractivity contribution in [3.8, 4) is 11.5 Å². The van der Waals surface area contributed by atoms with Gasteiger partial charge in [-0.05, 0) is 17.8 Å². The molecule has 1 atom stereocenters. The maximum Gasteiger partial charge on any atom is 0.314 e. The van der Waals surface area contributed by atoms with Gasteiger partial charge in [-0.25, -0.2) is 4.79 Å². The second-order valence-electron chi connectivity index (χ2n) is 7.80. The number of hydrogen-bond acceptors (Lipinski definition) is 4. The summed E-state index contributed by atoms with van der Waals surface area (Å²) < 4.78 is 10.7. The van der Waals surface area contributed by atoms with E-state index in [1.165, 1.54) is 0 Å². The molecule has 0 aromatic heterocycles. The van der Waals surface area contributed by atoms with E-state index in [-0.39, 0.29) is 11.4 Å². The van der Waals surface area contributed by atoms with Crippen LogP contribution >= 0.6 is 0 Å². The Balaban J connectivity index is 1.84. The van der Waals surface area contributed by atoms with Crippen LogP contribution < -0.4 is 25.0 Å². The Morgan fingerprint density at radius 1 is 1.16 bits per heavy atom. The summed E-state index contributed by atoms with van der Waals surface area (Å²) in [4.78, 5) is 14.2. The maximum absolute atomic E-state index is 11.9. The van der Waals surface area contributed by atoms with E-state index in [1.54, 1.807) is 14.2 Å². The van der Waals surface area contributed by atoms with Gasteiger partial charge in [-0.3, -0.25) is 0 Å². The van der Waals surface area contributed by atoms with Crippen LogP contribution in [0.25, 0.3) is 0 Å². The smallest absolute Gasteiger partial charge is 0.314 e. The largest absolute Gasteiger partial charge is 0.497 e. The highest BCUT2D eigenvalue weighted by Crippen LogP contribution is 2.31. The van der Waals surface area contributed by atoms with Gasteiger partial charge in [-0.2, -0.15) is 0 Å². The first kappa shape index (κ1) is 19.2. The molecule has 2 N–H and O–H groups in total. The first-order valence-corrected chi connectivity index (χ1v) is 8.80. The Hall–Kier alpha value is -2.11. The molecule has 0 bridgehead atoms. The molecule has 1 aliphatic heterocycles. The van der Waals surface area contributed by atoms with Crippen LogP contribution in [0.1, 0.15) is 27.2 Å². The van der Waals surface area contributed by atoms with E-state index >= 15 is 0 Å². The molecule has 25 heavy (non-hydrogen) atoms. The number of rotatable bonds is 6. The lowest BCUT2D eigenvalue weighted by atomic mass is 9.97. The van der Waals surface area contributed by atoms with E-state index in [0.29, 0.717) is 19.0 Å². The van der Waals surface area contributed by atoms with Crippen molar-refractivity contribution in [3.63, 3.8) is 0 Å². The van der Waals surface area contributed by atoms with Crippen LogP contribution in [0.4, 0.5) is 10.5 Å². The van der Waals surface area contributed by atoms with Crippen LogP contribution in [0.2, 0.25) is 0 Å². The zero-order valence-electron chi connectivity index (χ0n) is 16.0. The van der Waals surface area contributed by atoms with Gasteiger partial charge in [0.15, 0.2) is 0 Å². The van der Waals surface area contributed by atoms with Crippen molar-refractivity contribution in [1.82, 2.24) is 10.6 Å². The lowest BCUT2D eigenvalue weighted by Gasteiger charge is -2.21. The van der Waals surface area contributed by atoms with Gasteiger partial charge in [0.1, 0.15) is 11.5 Å². The Bertz CT molecular complexity index is 562. The Labute approximate surface area is 150 Å². The lowest BCUT2D eigenvalue weighted by Crippen LogP contribution is -2.42. The van der Waals surface area contributed by atoms with Gasteiger partial charge in [0.25, 0.3) is 0 Å². The van der Waals surface area contributed by atoms with Gasteiger partial charge < -0.3 is 25.0 Å². The van der Waals surface area contributed by atoms with Crippen molar-refractivity contribution >= 4 is 11.7 Å². The molecular weight excluding hydrogens is 318 g/mol. The molecule has 1 aliphatic rings. The third-order valence-corrected chi connectivity index (χ3v) is 4.32. The quantitative estimate of drug-likeness (QED) is 0.829. The van der Waals surface area contributed by atoms with Gasteiger partial charge in [0, 0.05) is 50.1 Å². The summed E-state index contributed by atoms with van der Waals surface area (Å²) in [7, 11) is 3.32. The van der Waals surface area contributed by atoms with E-state index in [1.807, 2.05) is 18.2 Å². The highest BCUT2D eigenvalue weighted by atomic mass is 16.5. The zero-order valence-corrected chi connectivity index (χ0v) is 16.0. The molecule has 1 heterocycles. The molecule has 140 valence electrons. The maximum atomic E-state index is 11.9. The fraction of sp³-hybridized carbons (Fsp3) is 0.632. The van der Waals surface area contributed by atoms with E-state index in [2.05, 4.69) is 36.3 Å². The number of carbonyl (C=O) groups is 1. The Kier molecular flexibility index (Phi) is 6.39. The van der Waals surface area contributed by atoms with Crippen molar-refractivity contribution < 1.29 is 14.3 Å². The first-order chi connectivity index (χ1) is 11.8. The fourth-order valence-corrected chi connectivity index (χ4v) is 2.85. The van der Waals surface area contributed by atoms with Gasteiger partial charge >= 0.3 is 6.03 Å².